The van der Waals surface area contributed by atoms with E-state index in [0.29, 0.717) is 0 Å². The van der Waals surface area contributed by atoms with Crippen LogP contribution in [-0.2, 0) is 4.74 Å². The van der Waals surface area contributed by atoms with Crippen LogP contribution in [0.1, 0.15) is 10.4 Å². The van der Waals surface area contributed by atoms with Crippen LogP contribution in [0.2, 0.25) is 0 Å². The third kappa shape index (κ3) is 1.95. The Hall–Kier alpha value is -1.30. The molecule has 0 bridgehead atoms. The van der Waals surface area contributed by atoms with Crippen molar-refractivity contribution < 1.29 is 22.9 Å². The van der Waals surface area contributed by atoms with Crippen LogP contribution >= 0.6 is 12.1 Å². The highest BCUT2D eigenvalue weighted by atomic mass is 32.2. The predicted octanol–water partition coefficient (Wildman–Crippen LogP) is 2.29. The van der Waals surface area contributed by atoms with Crippen LogP contribution in [0.15, 0.2) is 17.0 Å². The van der Waals surface area contributed by atoms with Gasteiger partial charge in [-0.3, -0.25) is 0 Å². The van der Waals surface area contributed by atoms with Gasteiger partial charge in [-0.1, -0.05) is 0 Å². The summed E-state index contributed by atoms with van der Waals surface area (Å²) in [6.45, 7) is 0. The highest BCUT2D eigenvalue weighted by Crippen LogP contribution is 2.29. The number of ether oxygens (including phenoxy) is 1. The minimum atomic E-state index is -0.988. The third-order valence-electron chi connectivity index (χ3n) is 1.54. The summed E-state index contributed by atoms with van der Waals surface area (Å²) in [6, 6.07) is 1.55. The lowest BCUT2D eigenvalue weighted by Crippen LogP contribution is -2.03. The standard InChI is InChI=1S/C8H6F2O3S/c1-13-8(12)4-2-6(11)5(9)3-7(4)14-10/h2-3,11H,1H3. The highest BCUT2D eigenvalue weighted by Gasteiger charge is 2.16. The van der Waals surface area contributed by atoms with E-state index in [-0.39, 0.29) is 22.6 Å². The van der Waals surface area contributed by atoms with Gasteiger partial charge in [0.2, 0.25) is 0 Å². The van der Waals surface area contributed by atoms with Gasteiger partial charge in [-0.2, -0.15) is 3.89 Å². The molecule has 76 valence electrons. The minimum Gasteiger partial charge on any atom is -0.505 e. The fourth-order valence-electron chi connectivity index (χ4n) is 0.877. The Morgan fingerprint density at radius 3 is 2.71 bits per heavy atom. The molecule has 0 aliphatic heterocycles. The summed E-state index contributed by atoms with van der Waals surface area (Å²) in [4.78, 5) is 10.8. The van der Waals surface area contributed by atoms with Crippen molar-refractivity contribution in [1.82, 2.24) is 0 Å². The van der Waals surface area contributed by atoms with Gasteiger partial charge in [0.25, 0.3) is 0 Å². The number of rotatable bonds is 2. The second kappa shape index (κ2) is 4.28. The van der Waals surface area contributed by atoms with Gasteiger partial charge >= 0.3 is 5.97 Å². The van der Waals surface area contributed by atoms with Crippen molar-refractivity contribution in [2.24, 2.45) is 0 Å². The largest absolute Gasteiger partial charge is 0.505 e. The van der Waals surface area contributed by atoms with Gasteiger partial charge in [0.15, 0.2) is 11.6 Å². The molecular weight excluding hydrogens is 214 g/mol. The Morgan fingerprint density at radius 2 is 2.21 bits per heavy atom. The monoisotopic (exact) mass is 220 g/mol. The first-order chi connectivity index (χ1) is 6.60. The van der Waals surface area contributed by atoms with Gasteiger partial charge in [0.05, 0.1) is 29.7 Å². The summed E-state index contributed by atoms with van der Waals surface area (Å²) >= 11 is -0.290. The minimum absolute atomic E-state index is 0.209. The van der Waals surface area contributed by atoms with Crippen LogP contribution in [0.3, 0.4) is 0 Å². The molecule has 1 aromatic carbocycles. The molecular formula is C8H6F2O3S. The molecule has 6 heteroatoms. The van der Waals surface area contributed by atoms with Crippen molar-refractivity contribution in [3.63, 3.8) is 0 Å². The first-order valence-electron chi connectivity index (χ1n) is 3.49. The van der Waals surface area contributed by atoms with E-state index < -0.39 is 17.5 Å². The van der Waals surface area contributed by atoms with Gasteiger partial charge in [-0.25, -0.2) is 9.18 Å². The normalized spacial score (nSPS) is 9.93. The van der Waals surface area contributed by atoms with Crippen LogP contribution in [-0.4, -0.2) is 18.2 Å². The van der Waals surface area contributed by atoms with Crippen molar-refractivity contribution in [3.05, 3.63) is 23.5 Å². The number of phenols is 1. The number of esters is 1. The summed E-state index contributed by atoms with van der Waals surface area (Å²) in [5.41, 5.74) is -0.209. The Kier molecular flexibility index (Phi) is 3.29. The zero-order valence-electron chi connectivity index (χ0n) is 7.08. The maximum Gasteiger partial charge on any atom is 0.339 e. The molecule has 0 atom stereocenters. The number of aromatic hydroxyl groups is 1. The van der Waals surface area contributed by atoms with Crippen molar-refractivity contribution in [1.29, 1.82) is 0 Å². The molecule has 0 aromatic heterocycles. The zero-order valence-corrected chi connectivity index (χ0v) is 7.90. The Bertz CT molecular complexity index is 368. The van der Waals surface area contributed by atoms with E-state index >= 15 is 0 Å². The highest BCUT2D eigenvalue weighted by molar-refractivity contribution is 7.94. The van der Waals surface area contributed by atoms with Gasteiger partial charge in [-0.15, -0.1) is 0 Å². The summed E-state index contributed by atoms with van der Waals surface area (Å²) < 4.78 is 29.3. The maximum absolute atomic E-state index is 12.7. The van der Waals surface area contributed by atoms with Crippen molar-refractivity contribution >= 4 is 18.1 Å². The summed E-state index contributed by atoms with van der Waals surface area (Å²) in [5, 5.41) is 8.95. The van der Waals surface area contributed by atoms with Crippen molar-refractivity contribution in [2.75, 3.05) is 7.11 Å². The first kappa shape index (κ1) is 10.8. The van der Waals surface area contributed by atoms with E-state index in [2.05, 4.69) is 4.74 Å². The van der Waals surface area contributed by atoms with Gasteiger partial charge in [-0.05, 0) is 12.1 Å². The smallest absolute Gasteiger partial charge is 0.339 e. The van der Waals surface area contributed by atoms with Gasteiger partial charge < -0.3 is 9.84 Å². The molecule has 1 N–H and O–H groups in total. The van der Waals surface area contributed by atoms with Crippen molar-refractivity contribution in [2.45, 2.75) is 4.90 Å². The molecule has 3 nitrogen and oxygen atoms in total. The molecule has 0 spiro atoms. The Labute approximate surface area is 83.0 Å². The summed E-state index contributed by atoms with van der Waals surface area (Å²) in [6.07, 6.45) is 0. The van der Waals surface area contributed by atoms with Crippen molar-refractivity contribution in [3.8, 4) is 5.75 Å². The van der Waals surface area contributed by atoms with Crippen LogP contribution in [0, 0.1) is 5.82 Å². The molecule has 14 heavy (non-hydrogen) atoms. The quantitative estimate of drug-likeness (QED) is 0.777. The molecule has 0 heterocycles. The molecule has 0 aliphatic carbocycles. The predicted molar refractivity (Wildman–Crippen MR) is 46.4 cm³/mol. The Morgan fingerprint density at radius 1 is 1.57 bits per heavy atom. The van der Waals surface area contributed by atoms with E-state index in [1.54, 1.807) is 0 Å². The summed E-state index contributed by atoms with van der Waals surface area (Å²) in [7, 11) is 1.11. The van der Waals surface area contributed by atoms with E-state index in [9.17, 15) is 13.1 Å². The van der Waals surface area contributed by atoms with Crippen LogP contribution in [0.4, 0.5) is 8.28 Å². The molecule has 1 rings (SSSR count). The molecule has 0 saturated heterocycles. The maximum atomic E-state index is 12.7. The number of carbonyl (C=O) groups is 1. The second-order valence-electron chi connectivity index (χ2n) is 2.37. The molecule has 0 fully saturated rings. The molecule has 1 aromatic rings. The summed E-state index contributed by atoms with van der Waals surface area (Å²) in [5.74, 6) is -2.54. The van der Waals surface area contributed by atoms with Gasteiger partial charge in [0.1, 0.15) is 0 Å². The van der Waals surface area contributed by atoms with Gasteiger partial charge in [0, 0.05) is 0 Å². The van der Waals surface area contributed by atoms with Crippen LogP contribution < -0.4 is 0 Å². The average molecular weight is 220 g/mol. The number of carbonyl (C=O) groups excluding carboxylic acids is 1. The van der Waals surface area contributed by atoms with E-state index in [1.165, 1.54) is 0 Å². The Balaban J connectivity index is 3.27. The average Bonchev–Trinajstić information content (AvgIpc) is 2.20. The molecule has 0 amide bonds. The van der Waals surface area contributed by atoms with Crippen LogP contribution in [0.5, 0.6) is 5.75 Å². The molecule has 0 radical (unpaired) electrons. The third-order valence-corrected chi connectivity index (χ3v) is 2.04. The van der Waals surface area contributed by atoms with E-state index in [4.69, 9.17) is 5.11 Å². The SMILES string of the molecule is COC(=O)c1cc(O)c(F)cc1SF. The molecule has 0 unspecified atom stereocenters. The molecule has 0 aliphatic rings. The lowest BCUT2D eigenvalue weighted by atomic mass is 10.2. The fraction of sp³-hybridized carbons (Fsp3) is 0.125. The number of hydrogen-bond acceptors (Lipinski definition) is 4. The topological polar surface area (TPSA) is 46.5 Å². The first-order valence-corrected chi connectivity index (χ1v) is 4.21. The number of halogens is 2. The molecule has 0 saturated carbocycles. The lowest BCUT2D eigenvalue weighted by Gasteiger charge is -2.04. The number of hydrogen-bond donors (Lipinski definition) is 1. The van der Waals surface area contributed by atoms with E-state index in [0.717, 1.165) is 19.2 Å². The second-order valence-corrected chi connectivity index (χ2v) is 2.96. The number of methoxy groups -OCH3 is 1. The number of phenolic OH excluding ortho intramolecular Hbond substituents is 1. The zero-order chi connectivity index (χ0) is 10.7. The lowest BCUT2D eigenvalue weighted by molar-refractivity contribution is 0.0596. The fourth-order valence-corrected chi connectivity index (χ4v) is 1.25. The van der Waals surface area contributed by atoms with E-state index in [1.807, 2.05) is 0 Å². The van der Waals surface area contributed by atoms with Crippen LogP contribution in [0.25, 0.3) is 0 Å². The number of benzene rings is 1.